The number of carbonyl (C=O) groups is 2. The Morgan fingerprint density at radius 1 is 1.19 bits per heavy atom. The average molecular weight is 282 g/mol. The molecule has 1 saturated carbocycles. The maximum Gasteiger partial charge on any atom is 0.176 e. The first-order chi connectivity index (χ1) is 10.2. The van der Waals surface area contributed by atoms with Crippen LogP contribution in [0.25, 0.3) is 0 Å². The number of benzene rings is 1. The van der Waals surface area contributed by atoms with Gasteiger partial charge in [-0.25, -0.2) is 0 Å². The zero-order valence-electron chi connectivity index (χ0n) is 12.0. The molecule has 0 aliphatic heterocycles. The van der Waals surface area contributed by atoms with Crippen LogP contribution in [0.15, 0.2) is 47.1 Å². The van der Waals surface area contributed by atoms with Gasteiger partial charge in [0.1, 0.15) is 11.5 Å². The molecule has 1 aliphatic carbocycles. The van der Waals surface area contributed by atoms with Crippen molar-refractivity contribution < 1.29 is 14.0 Å². The Kier molecular flexibility index (Phi) is 3.74. The van der Waals surface area contributed by atoms with E-state index in [2.05, 4.69) is 12.1 Å². The summed E-state index contributed by atoms with van der Waals surface area (Å²) in [6, 6.07) is 11.8. The van der Waals surface area contributed by atoms with Gasteiger partial charge in [0.15, 0.2) is 5.78 Å². The monoisotopic (exact) mass is 282 g/mol. The Bertz CT molecular complexity index is 654. The first-order valence-electron chi connectivity index (χ1n) is 7.33. The molecule has 0 amide bonds. The SMILES string of the molecule is Cc1occc1C(=O)C1CC(c2ccccc2)CCC1=O. The first-order valence-corrected chi connectivity index (χ1v) is 7.33. The van der Waals surface area contributed by atoms with Crippen molar-refractivity contribution in [2.24, 2.45) is 5.92 Å². The summed E-state index contributed by atoms with van der Waals surface area (Å²) >= 11 is 0. The van der Waals surface area contributed by atoms with Crippen molar-refractivity contribution in [1.29, 1.82) is 0 Å². The largest absolute Gasteiger partial charge is 0.469 e. The molecule has 1 aromatic heterocycles. The smallest absolute Gasteiger partial charge is 0.176 e. The third kappa shape index (κ3) is 2.68. The highest BCUT2D eigenvalue weighted by atomic mass is 16.3. The quantitative estimate of drug-likeness (QED) is 0.633. The highest BCUT2D eigenvalue weighted by Crippen LogP contribution is 2.36. The van der Waals surface area contributed by atoms with Gasteiger partial charge in [-0.1, -0.05) is 30.3 Å². The summed E-state index contributed by atoms with van der Waals surface area (Å²) in [6.45, 7) is 1.76. The number of hydrogen-bond acceptors (Lipinski definition) is 3. The molecule has 2 unspecified atom stereocenters. The minimum absolute atomic E-state index is 0.0628. The summed E-state index contributed by atoms with van der Waals surface area (Å²) in [7, 11) is 0. The van der Waals surface area contributed by atoms with Crippen molar-refractivity contribution in [3.05, 3.63) is 59.5 Å². The van der Waals surface area contributed by atoms with Crippen LogP contribution in [0.3, 0.4) is 0 Å². The van der Waals surface area contributed by atoms with E-state index >= 15 is 0 Å². The molecule has 0 spiro atoms. The molecule has 1 heterocycles. The van der Waals surface area contributed by atoms with Crippen LogP contribution in [0.2, 0.25) is 0 Å². The van der Waals surface area contributed by atoms with Crippen LogP contribution in [0.1, 0.15) is 46.9 Å². The lowest BCUT2D eigenvalue weighted by atomic mass is 9.74. The van der Waals surface area contributed by atoms with Crippen LogP contribution in [-0.2, 0) is 4.79 Å². The summed E-state index contributed by atoms with van der Waals surface area (Å²) < 4.78 is 5.19. The van der Waals surface area contributed by atoms with Crippen molar-refractivity contribution in [2.75, 3.05) is 0 Å². The standard InChI is InChI=1S/C18H18O3/c1-12-15(9-10-21-12)18(20)16-11-14(7-8-17(16)19)13-5-3-2-4-6-13/h2-6,9-10,14,16H,7-8,11H2,1H3. The van der Waals surface area contributed by atoms with E-state index in [0.717, 1.165) is 6.42 Å². The highest BCUT2D eigenvalue weighted by Gasteiger charge is 2.35. The van der Waals surface area contributed by atoms with Gasteiger partial charge in [0.25, 0.3) is 0 Å². The molecule has 0 bridgehead atoms. The van der Waals surface area contributed by atoms with E-state index in [1.54, 1.807) is 13.0 Å². The van der Waals surface area contributed by atoms with Crippen LogP contribution in [0.4, 0.5) is 0 Å². The maximum absolute atomic E-state index is 12.6. The van der Waals surface area contributed by atoms with E-state index in [1.165, 1.54) is 11.8 Å². The molecule has 2 aromatic rings. The topological polar surface area (TPSA) is 47.3 Å². The third-order valence-electron chi connectivity index (χ3n) is 4.36. The van der Waals surface area contributed by atoms with E-state index in [4.69, 9.17) is 4.42 Å². The predicted molar refractivity (Wildman–Crippen MR) is 79.3 cm³/mol. The summed E-state index contributed by atoms with van der Waals surface area (Å²) in [5, 5.41) is 0. The third-order valence-corrected chi connectivity index (χ3v) is 4.36. The average Bonchev–Trinajstić information content (AvgIpc) is 2.94. The zero-order chi connectivity index (χ0) is 14.8. The maximum atomic E-state index is 12.6. The molecule has 1 aromatic carbocycles. The van der Waals surface area contributed by atoms with Gasteiger partial charge in [-0.2, -0.15) is 0 Å². The molecule has 3 heteroatoms. The van der Waals surface area contributed by atoms with E-state index < -0.39 is 5.92 Å². The fourth-order valence-corrected chi connectivity index (χ4v) is 3.13. The highest BCUT2D eigenvalue weighted by molar-refractivity contribution is 6.11. The first kappa shape index (κ1) is 13.8. The molecular formula is C18H18O3. The van der Waals surface area contributed by atoms with Gasteiger partial charge in [-0.3, -0.25) is 9.59 Å². The van der Waals surface area contributed by atoms with E-state index in [-0.39, 0.29) is 17.5 Å². The molecule has 0 radical (unpaired) electrons. The summed E-state index contributed by atoms with van der Waals surface area (Å²) in [6.07, 6.45) is 3.42. The Labute approximate surface area is 124 Å². The van der Waals surface area contributed by atoms with Gasteiger partial charge in [-0.05, 0) is 37.3 Å². The van der Waals surface area contributed by atoms with Crippen molar-refractivity contribution >= 4 is 11.6 Å². The van der Waals surface area contributed by atoms with Gasteiger partial charge in [-0.15, -0.1) is 0 Å². The molecule has 1 fully saturated rings. The Morgan fingerprint density at radius 2 is 1.95 bits per heavy atom. The van der Waals surface area contributed by atoms with Crippen molar-refractivity contribution in [3.63, 3.8) is 0 Å². The Balaban J connectivity index is 1.83. The zero-order valence-corrected chi connectivity index (χ0v) is 12.0. The van der Waals surface area contributed by atoms with Gasteiger partial charge in [0, 0.05) is 6.42 Å². The molecule has 108 valence electrons. The Morgan fingerprint density at radius 3 is 2.62 bits per heavy atom. The van der Waals surface area contributed by atoms with E-state index in [1.807, 2.05) is 18.2 Å². The summed E-state index contributed by atoms with van der Waals surface area (Å²) in [4.78, 5) is 24.8. The molecular weight excluding hydrogens is 264 g/mol. The number of ketones is 2. The molecule has 2 atom stereocenters. The van der Waals surface area contributed by atoms with Gasteiger partial charge in [0.2, 0.25) is 0 Å². The lowest BCUT2D eigenvalue weighted by Gasteiger charge is -2.27. The van der Waals surface area contributed by atoms with E-state index in [9.17, 15) is 9.59 Å². The van der Waals surface area contributed by atoms with E-state index in [0.29, 0.717) is 24.2 Å². The van der Waals surface area contributed by atoms with Gasteiger partial charge >= 0.3 is 0 Å². The fraction of sp³-hybridized carbons (Fsp3) is 0.333. The fourth-order valence-electron chi connectivity index (χ4n) is 3.13. The predicted octanol–water partition coefficient (Wildman–Crippen LogP) is 3.92. The number of aryl methyl sites for hydroxylation is 1. The number of carbonyl (C=O) groups excluding carboxylic acids is 2. The lowest BCUT2D eigenvalue weighted by Crippen LogP contribution is -2.30. The number of Topliss-reactive ketones (excluding diaryl/α,β-unsaturated/α-hetero) is 2. The second kappa shape index (κ2) is 5.68. The van der Waals surface area contributed by atoms with Gasteiger partial charge in [0.05, 0.1) is 17.7 Å². The minimum atomic E-state index is -0.528. The molecule has 1 aliphatic rings. The molecule has 0 N–H and O–H groups in total. The van der Waals surface area contributed by atoms with Crippen LogP contribution in [-0.4, -0.2) is 11.6 Å². The van der Waals surface area contributed by atoms with Crippen molar-refractivity contribution in [3.8, 4) is 0 Å². The van der Waals surface area contributed by atoms with Crippen LogP contribution in [0.5, 0.6) is 0 Å². The van der Waals surface area contributed by atoms with Crippen LogP contribution < -0.4 is 0 Å². The van der Waals surface area contributed by atoms with Crippen LogP contribution in [0, 0.1) is 12.8 Å². The van der Waals surface area contributed by atoms with Crippen molar-refractivity contribution in [2.45, 2.75) is 32.1 Å². The molecule has 0 saturated heterocycles. The second-order valence-electron chi connectivity index (χ2n) is 5.66. The number of hydrogen-bond donors (Lipinski definition) is 0. The number of furan rings is 1. The summed E-state index contributed by atoms with van der Waals surface area (Å²) in [5.41, 5.74) is 1.76. The lowest BCUT2D eigenvalue weighted by molar-refractivity contribution is -0.123. The van der Waals surface area contributed by atoms with Gasteiger partial charge < -0.3 is 4.42 Å². The Hall–Kier alpha value is -2.16. The molecule has 3 nitrogen and oxygen atoms in total. The molecule has 21 heavy (non-hydrogen) atoms. The normalized spacial score (nSPS) is 22.2. The second-order valence-corrected chi connectivity index (χ2v) is 5.66. The minimum Gasteiger partial charge on any atom is -0.469 e. The molecule has 3 rings (SSSR count). The number of rotatable bonds is 3. The summed E-state index contributed by atoms with van der Waals surface area (Å²) in [5.74, 6) is 0.319. The van der Waals surface area contributed by atoms with Crippen molar-refractivity contribution in [1.82, 2.24) is 0 Å². The van der Waals surface area contributed by atoms with Crippen LogP contribution >= 0.6 is 0 Å².